The monoisotopic (exact) mass is 617 g/mol. The molecule has 2 aromatic carbocycles. The second kappa shape index (κ2) is 8.90. The highest BCUT2D eigenvalue weighted by Gasteiger charge is 2.45. The van der Waals surface area contributed by atoms with Gasteiger partial charge in [0.2, 0.25) is 0 Å². The van der Waals surface area contributed by atoms with Crippen LogP contribution in [0.5, 0.6) is 0 Å². The normalized spacial score (nSPS) is 17.4. The molecule has 27 heavy (non-hydrogen) atoms. The molecule has 0 aromatic heterocycles. The lowest BCUT2D eigenvalue weighted by molar-refractivity contribution is -0.109. The highest BCUT2D eigenvalue weighted by molar-refractivity contribution is 9.11. The fourth-order valence-electron chi connectivity index (χ4n) is 2.87. The van der Waals surface area contributed by atoms with Crippen LogP contribution in [0, 0.1) is 11.3 Å². The number of aldehydes is 1. The third kappa shape index (κ3) is 5.32. The predicted molar refractivity (Wildman–Crippen MR) is 124 cm³/mol. The van der Waals surface area contributed by atoms with E-state index in [1.807, 2.05) is 36.4 Å². The summed E-state index contributed by atoms with van der Waals surface area (Å²) in [6, 6.07) is 14.4. The molecule has 0 spiro atoms. The van der Waals surface area contributed by atoms with Gasteiger partial charge in [0.05, 0.1) is 16.9 Å². The van der Waals surface area contributed by atoms with Crippen molar-refractivity contribution in [1.82, 2.24) is 0 Å². The van der Waals surface area contributed by atoms with E-state index in [4.69, 9.17) is 5.26 Å². The van der Waals surface area contributed by atoms with Crippen molar-refractivity contribution in [3.63, 3.8) is 0 Å². The van der Waals surface area contributed by atoms with Gasteiger partial charge in [-0.05, 0) is 73.2 Å². The van der Waals surface area contributed by atoms with Gasteiger partial charge in [0.25, 0.3) is 0 Å². The molecule has 0 amide bonds. The lowest BCUT2D eigenvalue weighted by atomic mass is 9.98. The van der Waals surface area contributed by atoms with Gasteiger partial charge in [-0.1, -0.05) is 71.1 Å². The number of nitriles is 1. The van der Waals surface area contributed by atoms with E-state index >= 15 is 0 Å². The second-order valence-corrected chi connectivity index (χ2v) is 10.4. The van der Waals surface area contributed by atoms with E-state index in [0.717, 1.165) is 61.0 Å². The second-order valence-electron chi connectivity index (χ2n) is 6.78. The standard InChI is InChI=1S/C10H7Br2N.C10H8Br2O.CH4/c2*11-8-3-7(4-9(12)5-8)10(6-13)1-2-10;/h3-5H,1-2H2;3-6H,1-2H2;1H4. The van der Waals surface area contributed by atoms with Crippen molar-refractivity contribution in [2.75, 3.05) is 0 Å². The van der Waals surface area contributed by atoms with E-state index in [2.05, 4.69) is 69.8 Å². The van der Waals surface area contributed by atoms with Gasteiger partial charge >= 0.3 is 0 Å². The Kier molecular flexibility index (Phi) is 7.52. The molecule has 0 radical (unpaired) electrons. The minimum atomic E-state index is -0.188. The summed E-state index contributed by atoms with van der Waals surface area (Å²) in [5.41, 5.74) is 1.87. The van der Waals surface area contributed by atoms with Gasteiger partial charge in [0.15, 0.2) is 0 Å². The molecule has 0 unspecified atom stereocenters. The first-order valence-electron chi connectivity index (χ1n) is 8.13. The number of hydrogen-bond donors (Lipinski definition) is 0. The zero-order valence-electron chi connectivity index (χ0n) is 13.7. The van der Waals surface area contributed by atoms with Gasteiger partial charge in [-0.15, -0.1) is 0 Å². The Morgan fingerprint density at radius 3 is 1.48 bits per heavy atom. The molecule has 2 aromatic rings. The molecule has 0 N–H and O–H groups in total. The van der Waals surface area contributed by atoms with Gasteiger partial charge in [-0.2, -0.15) is 5.26 Å². The van der Waals surface area contributed by atoms with Gasteiger partial charge in [-0.3, -0.25) is 0 Å². The lowest BCUT2D eigenvalue weighted by Crippen LogP contribution is -2.07. The number of rotatable bonds is 3. The Balaban J connectivity index is 0.000000187. The molecule has 2 aliphatic rings. The summed E-state index contributed by atoms with van der Waals surface area (Å²) in [4.78, 5) is 10.9. The third-order valence-corrected chi connectivity index (χ3v) is 6.66. The Hall–Kier alpha value is -0.480. The van der Waals surface area contributed by atoms with Crippen LogP contribution in [0.2, 0.25) is 0 Å². The Morgan fingerprint density at radius 2 is 1.19 bits per heavy atom. The van der Waals surface area contributed by atoms with Crippen molar-refractivity contribution >= 4 is 70.0 Å². The maximum Gasteiger partial charge on any atom is 0.130 e. The first kappa shape index (κ1) is 22.8. The van der Waals surface area contributed by atoms with E-state index in [1.165, 1.54) is 0 Å². The van der Waals surface area contributed by atoms with Gasteiger partial charge in [-0.25, -0.2) is 0 Å². The summed E-state index contributed by atoms with van der Waals surface area (Å²) < 4.78 is 4.09. The minimum Gasteiger partial charge on any atom is -0.302 e. The summed E-state index contributed by atoms with van der Waals surface area (Å²) in [6.07, 6.45) is 5.03. The molecule has 0 aliphatic heterocycles. The average Bonchev–Trinajstić information content (AvgIpc) is 3.48. The van der Waals surface area contributed by atoms with Crippen molar-refractivity contribution in [3.8, 4) is 6.07 Å². The fraction of sp³-hybridized carbons (Fsp3) is 0.333. The first-order valence-corrected chi connectivity index (χ1v) is 11.3. The number of halogens is 4. The molecular weight excluding hydrogens is 602 g/mol. The Morgan fingerprint density at radius 1 is 0.778 bits per heavy atom. The van der Waals surface area contributed by atoms with Crippen LogP contribution in [0.25, 0.3) is 0 Å². The smallest absolute Gasteiger partial charge is 0.130 e. The van der Waals surface area contributed by atoms with E-state index in [1.54, 1.807) is 0 Å². The number of nitrogens with zero attached hydrogens (tertiary/aromatic N) is 1. The third-order valence-electron chi connectivity index (χ3n) is 4.83. The first-order chi connectivity index (χ1) is 12.3. The van der Waals surface area contributed by atoms with Crippen LogP contribution in [0.15, 0.2) is 54.3 Å². The van der Waals surface area contributed by atoms with Gasteiger partial charge in [0, 0.05) is 17.9 Å². The maximum absolute atomic E-state index is 10.9. The molecule has 0 atom stereocenters. The summed E-state index contributed by atoms with van der Waals surface area (Å²) >= 11 is 13.7. The SMILES string of the molecule is C.N#CC1(c2cc(Br)cc(Br)c2)CC1.O=CC1(c2cc(Br)cc(Br)c2)CC1. The summed E-state index contributed by atoms with van der Waals surface area (Å²) in [6.45, 7) is 0. The number of carbonyl (C=O) groups excluding carboxylic acids is 1. The molecule has 4 rings (SSSR count). The van der Waals surface area contributed by atoms with E-state index in [-0.39, 0.29) is 18.3 Å². The highest BCUT2D eigenvalue weighted by atomic mass is 79.9. The zero-order chi connectivity index (χ0) is 18.9. The van der Waals surface area contributed by atoms with Crippen molar-refractivity contribution in [3.05, 3.63) is 65.4 Å². The predicted octanol–water partition coefficient (Wildman–Crippen LogP) is 7.84. The summed E-state index contributed by atoms with van der Waals surface area (Å²) in [5.74, 6) is 0. The molecule has 6 heteroatoms. The highest BCUT2D eigenvalue weighted by Crippen LogP contribution is 2.49. The quantitative estimate of drug-likeness (QED) is 0.328. The average molecular weight is 621 g/mol. The van der Waals surface area contributed by atoms with Crippen LogP contribution in [0.3, 0.4) is 0 Å². The summed E-state index contributed by atoms with van der Waals surface area (Å²) in [7, 11) is 0. The minimum absolute atomic E-state index is 0. The number of benzene rings is 2. The molecule has 0 saturated heterocycles. The number of hydrogen-bond acceptors (Lipinski definition) is 2. The van der Waals surface area contributed by atoms with Gasteiger partial charge < -0.3 is 4.79 Å². The van der Waals surface area contributed by atoms with Crippen LogP contribution in [-0.2, 0) is 15.6 Å². The van der Waals surface area contributed by atoms with Crippen molar-refractivity contribution < 1.29 is 4.79 Å². The van der Waals surface area contributed by atoms with E-state index in [0.29, 0.717) is 0 Å². The molecule has 142 valence electrons. The van der Waals surface area contributed by atoms with Crippen molar-refractivity contribution in [2.24, 2.45) is 0 Å². The lowest BCUT2D eigenvalue weighted by Gasteiger charge is -2.08. The van der Waals surface area contributed by atoms with Crippen molar-refractivity contribution in [2.45, 2.75) is 43.9 Å². The van der Waals surface area contributed by atoms with E-state index < -0.39 is 0 Å². The van der Waals surface area contributed by atoms with Crippen LogP contribution in [0.1, 0.15) is 44.2 Å². The fourth-order valence-corrected chi connectivity index (χ4v) is 5.46. The molecule has 2 nitrogen and oxygen atoms in total. The van der Waals surface area contributed by atoms with E-state index in [9.17, 15) is 4.79 Å². The largest absolute Gasteiger partial charge is 0.302 e. The van der Waals surface area contributed by atoms with Crippen LogP contribution < -0.4 is 0 Å². The molecule has 2 aliphatic carbocycles. The molecule has 0 heterocycles. The topological polar surface area (TPSA) is 40.9 Å². The molecule has 2 saturated carbocycles. The van der Waals surface area contributed by atoms with Gasteiger partial charge in [0.1, 0.15) is 6.29 Å². The zero-order valence-corrected chi connectivity index (χ0v) is 20.1. The maximum atomic E-state index is 10.9. The van der Waals surface area contributed by atoms with Crippen molar-refractivity contribution in [1.29, 1.82) is 5.26 Å². The summed E-state index contributed by atoms with van der Waals surface area (Å²) in [5, 5.41) is 9.01. The Labute approximate surface area is 194 Å². The van der Waals surface area contributed by atoms with Crippen LogP contribution in [-0.4, -0.2) is 6.29 Å². The van der Waals surface area contributed by atoms with Crippen LogP contribution in [0.4, 0.5) is 0 Å². The Bertz CT molecular complexity index is 855. The number of carbonyl (C=O) groups is 1. The molecule has 2 fully saturated rings. The molecule has 0 bridgehead atoms. The van der Waals surface area contributed by atoms with Crippen LogP contribution >= 0.6 is 63.7 Å². The molecular formula is C21H19Br4NO.